The normalized spacial score (nSPS) is 12.0. The first-order valence-electron chi connectivity index (χ1n) is 11.9. The number of aromatic nitrogens is 3. The van der Waals surface area contributed by atoms with E-state index in [0.29, 0.717) is 17.0 Å². The number of furan rings is 2. The Kier molecular flexibility index (Phi) is 5.68. The lowest BCUT2D eigenvalue weighted by Gasteiger charge is -2.14. The monoisotopic (exact) mass is 508 g/mol. The summed E-state index contributed by atoms with van der Waals surface area (Å²) in [4.78, 5) is 48.9. The van der Waals surface area contributed by atoms with Crippen molar-refractivity contribution in [1.82, 2.24) is 14.0 Å². The number of pyridine rings is 2. The minimum atomic E-state index is -0.740. The highest BCUT2D eigenvalue weighted by molar-refractivity contribution is 5.98. The van der Waals surface area contributed by atoms with E-state index in [-0.39, 0.29) is 46.6 Å². The van der Waals surface area contributed by atoms with Crippen molar-refractivity contribution < 1.29 is 23.2 Å². The molecular weight excluding hydrogens is 488 g/mol. The minimum absolute atomic E-state index is 0.00260. The summed E-state index contributed by atoms with van der Waals surface area (Å²) >= 11 is 0. The molecule has 6 rings (SSSR count). The van der Waals surface area contributed by atoms with E-state index in [1.165, 1.54) is 21.3 Å². The molecule has 0 radical (unpaired) electrons. The Morgan fingerprint density at radius 1 is 1.05 bits per heavy atom. The number of carbonyl (C=O) groups excluding carboxylic acids is 2. The standard InChI is InChI=1S/C28H20N4O6/c1-2-36-28(35)20-15-19-24(29-23-11-5-6-12-31(23)27(19)34)32(16-18-9-7-13-37-18)25(20)30-26(33)22-14-17-8-3-4-10-21(17)38-22/h3-15H,2,16H2,1H3. The third kappa shape index (κ3) is 3.97. The summed E-state index contributed by atoms with van der Waals surface area (Å²) in [5, 5.41) is 0.887. The van der Waals surface area contributed by atoms with Crippen LogP contribution in [-0.2, 0) is 11.3 Å². The smallest absolute Gasteiger partial charge is 0.341 e. The number of carbonyl (C=O) groups is 2. The molecule has 0 fully saturated rings. The molecule has 0 aliphatic rings. The molecule has 5 heterocycles. The van der Waals surface area contributed by atoms with Gasteiger partial charge >= 0.3 is 11.9 Å². The number of esters is 1. The summed E-state index contributed by atoms with van der Waals surface area (Å²) in [6.45, 7) is 1.79. The number of amides is 1. The summed E-state index contributed by atoms with van der Waals surface area (Å²) in [6, 6.07) is 18.7. The first-order valence-corrected chi connectivity index (χ1v) is 11.9. The first kappa shape index (κ1) is 23.2. The highest BCUT2D eigenvalue weighted by Gasteiger charge is 2.22. The molecule has 0 N–H and O–H groups in total. The van der Waals surface area contributed by atoms with E-state index >= 15 is 0 Å². The second-order valence-corrected chi connectivity index (χ2v) is 8.42. The lowest BCUT2D eigenvalue weighted by atomic mass is 10.2. The van der Waals surface area contributed by atoms with Crippen molar-refractivity contribution in [3.05, 3.63) is 112 Å². The number of rotatable bonds is 5. The van der Waals surface area contributed by atoms with E-state index in [2.05, 4.69) is 9.98 Å². The SMILES string of the molecule is CCOC(=O)c1cc2c(=O)n3ccccc3nc2n(Cc2ccco2)c1=NC(=O)c1cc2ccccc2o1. The Balaban J connectivity index is 1.69. The molecule has 10 nitrogen and oxygen atoms in total. The molecule has 5 aromatic heterocycles. The summed E-state index contributed by atoms with van der Waals surface area (Å²) in [7, 11) is 0. The van der Waals surface area contributed by atoms with Crippen LogP contribution in [0.1, 0.15) is 33.6 Å². The van der Waals surface area contributed by atoms with E-state index < -0.39 is 11.9 Å². The average molecular weight is 508 g/mol. The maximum Gasteiger partial charge on any atom is 0.341 e. The zero-order valence-corrected chi connectivity index (χ0v) is 20.2. The fourth-order valence-corrected chi connectivity index (χ4v) is 4.30. The highest BCUT2D eigenvalue weighted by atomic mass is 16.5. The average Bonchev–Trinajstić information content (AvgIpc) is 3.60. The molecule has 38 heavy (non-hydrogen) atoms. The second kappa shape index (κ2) is 9.32. The highest BCUT2D eigenvalue weighted by Crippen LogP contribution is 2.20. The summed E-state index contributed by atoms with van der Waals surface area (Å²) in [5.41, 5.74) is 0.646. The van der Waals surface area contributed by atoms with Gasteiger partial charge in [-0.15, -0.1) is 0 Å². The van der Waals surface area contributed by atoms with Gasteiger partial charge in [0.15, 0.2) is 11.2 Å². The van der Waals surface area contributed by atoms with Crippen molar-refractivity contribution in [2.24, 2.45) is 4.99 Å². The molecule has 0 spiro atoms. The molecule has 1 aromatic carbocycles. The Bertz CT molecular complexity index is 1950. The van der Waals surface area contributed by atoms with Crippen LogP contribution in [-0.4, -0.2) is 32.4 Å². The van der Waals surface area contributed by atoms with Crippen LogP contribution < -0.4 is 11.0 Å². The molecule has 0 saturated heterocycles. The van der Waals surface area contributed by atoms with Gasteiger partial charge in [-0.3, -0.25) is 14.0 Å². The fourth-order valence-electron chi connectivity index (χ4n) is 4.30. The Labute approximate surface area is 214 Å². The first-order chi connectivity index (χ1) is 18.5. The van der Waals surface area contributed by atoms with Crippen LogP contribution in [0.25, 0.3) is 27.6 Å². The molecular formula is C28H20N4O6. The van der Waals surface area contributed by atoms with Gasteiger partial charge in [0.05, 0.1) is 24.8 Å². The number of nitrogens with zero attached hydrogens (tertiary/aromatic N) is 4. The number of hydrogen-bond acceptors (Lipinski definition) is 7. The maximum atomic E-state index is 13.5. The molecule has 0 unspecified atom stereocenters. The maximum absolute atomic E-state index is 13.5. The van der Waals surface area contributed by atoms with E-state index in [0.717, 1.165) is 5.39 Å². The van der Waals surface area contributed by atoms with E-state index in [4.69, 9.17) is 13.6 Å². The minimum Gasteiger partial charge on any atom is -0.467 e. The Morgan fingerprint density at radius 3 is 2.68 bits per heavy atom. The van der Waals surface area contributed by atoms with E-state index in [1.807, 2.05) is 12.1 Å². The molecule has 6 aromatic rings. The molecule has 188 valence electrons. The number of fused-ring (bicyclic) bond motifs is 3. The van der Waals surface area contributed by atoms with Crippen LogP contribution in [0.15, 0.2) is 97.8 Å². The topological polar surface area (TPSA) is 121 Å². The number of ether oxygens (including phenoxy) is 1. The zero-order chi connectivity index (χ0) is 26.2. The zero-order valence-electron chi connectivity index (χ0n) is 20.2. The van der Waals surface area contributed by atoms with Gasteiger partial charge in [-0.05, 0) is 49.4 Å². The fraction of sp³-hybridized carbons (Fsp3) is 0.107. The van der Waals surface area contributed by atoms with Crippen molar-refractivity contribution in [3.63, 3.8) is 0 Å². The molecule has 0 atom stereocenters. The largest absolute Gasteiger partial charge is 0.467 e. The van der Waals surface area contributed by atoms with Gasteiger partial charge < -0.3 is 18.1 Å². The van der Waals surface area contributed by atoms with Gasteiger partial charge in [0, 0.05) is 11.6 Å². The van der Waals surface area contributed by atoms with Gasteiger partial charge in [-0.1, -0.05) is 24.3 Å². The predicted octanol–water partition coefficient (Wildman–Crippen LogP) is 3.95. The third-order valence-corrected chi connectivity index (χ3v) is 6.02. The molecule has 0 saturated carbocycles. The number of hydrogen-bond donors (Lipinski definition) is 0. The summed E-state index contributed by atoms with van der Waals surface area (Å²) < 4.78 is 19.4. The van der Waals surface area contributed by atoms with E-state index in [9.17, 15) is 14.4 Å². The Hall–Kier alpha value is -5.25. The van der Waals surface area contributed by atoms with Gasteiger partial charge in [0.25, 0.3) is 5.56 Å². The molecule has 0 aliphatic heterocycles. The lowest BCUT2D eigenvalue weighted by molar-refractivity contribution is 0.0523. The van der Waals surface area contributed by atoms with Crippen molar-refractivity contribution in [1.29, 1.82) is 0 Å². The van der Waals surface area contributed by atoms with Crippen LogP contribution in [0.4, 0.5) is 0 Å². The predicted molar refractivity (Wildman–Crippen MR) is 137 cm³/mol. The quantitative estimate of drug-likeness (QED) is 0.255. The van der Waals surface area contributed by atoms with Gasteiger partial charge in [-0.2, -0.15) is 4.99 Å². The number of para-hydroxylation sites is 1. The van der Waals surface area contributed by atoms with Crippen molar-refractivity contribution in [2.75, 3.05) is 6.61 Å². The van der Waals surface area contributed by atoms with Crippen LogP contribution in [0.3, 0.4) is 0 Å². The van der Waals surface area contributed by atoms with Gasteiger partial charge in [0.2, 0.25) is 0 Å². The third-order valence-electron chi connectivity index (χ3n) is 6.02. The Morgan fingerprint density at radius 2 is 1.89 bits per heavy atom. The van der Waals surface area contributed by atoms with Crippen molar-refractivity contribution in [3.8, 4) is 0 Å². The van der Waals surface area contributed by atoms with Gasteiger partial charge in [-0.25, -0.2) is 9.78 Å². The molecule has 0 aliphatic carbocycles. The molecule has 0 bridgehead atoms. The molecule has 10 heteroatoms. The van der Waals surface area contributed by atoms with Crippen LogP contribution >= 0.6 is 0 Å². The van der Waals surface area contributed by atoms with Crippen molar-refractivity contribution in [2.45, 2.75) is 13.5 Å². The summed E-state index contributed by atoms with van der Waals surface area (Å²) in [6.07, 6.45) is 3.09. The van der Waals surface area contributed by atoms with Gasteiger partial charge in [0.1, 0.15) is 28.2 Å². The van der Waals surface area contributed by atoms with E-state index in [1.54, 1.807) is 61.7 Å². The van der Waals surface area contributed by atoms with Crippen LogP contribution in [0, 0.1) is 0 Å². The number of benzene rings is 1. The van der Waals surface area contributed by atoms with Crippen LogP contribution in [0.5, 0.6) is 0 Å². The van der Waals surface area contributed by atoms with Crippen molar-refractivity contribution >= 4 is 39.5 Å². The second-order valence-electron chi connectivity index (χ2n) is 8.42. The lowest BCUT2D eigenvalue weighted by Crippen LogP contribution is -2.33. The van der Waals surface area contributed by atoms with Crippen LogP contribution in [0.2, 0.25) is 0 Å². The summed E-state index contributed by atoms with van der Waals surface area (Å²) in [5.74, 6) is -0.953. The molecule has 1 amide bonds.